The summed E-state index contributed by atoms with van der Waals surface area (Å²) in [6.07, 6.45) is -0.212. The fraction of sp³-hybridized carbons (Fsp3) is 0.133. The summed E-state index contributed by atoms with van der Waals surface area (Å²) in [6.45, 7) is 1.90. The van der Waals surface area contributed by atoms with Gasteiger partial charge in [-0.25, -0.2) is 9.38 Å². The first-order valence-corrected chi connectivity index (χ1v) is 6.29. The maximum Gasteiger partial charge on any atom is 0.153 e. The van der Waals surface area contributed by atoms with Crippen LogP contribution in [-0.4, -0.2) is 11.9 Å². The molecule has 0 bridgehead atoms. The molecule has 1 atom stereocenters. The van der Waals surface area contributed by atoms with Crippen LogP contribution in [0, 0.1) is 5.82 Å². The van der Waals surface area contributed by atoms with Crippen molar-refractivity contribution in [3.05, 3.63) is 48.3 Å². The second-order valence-corrected chi connectivity index (χ2v) is 4.62. The van der Waals surface area contributed by atoms with Crippen LogP contribution < -0.4 is 15.8 Å². The van der Waals surface area contributed by atoms with Crippen molar-refractivity contribution < 1.29 is 9.13 Å². The Hall–Kier alpha value is -2.56. The molecule has 102 valence electrons. The van der Waals surface area contributed by atoms with Gasteiger partial charge in [-0.2, -0.15) is 0 Å². The number of amidine groups is 1. The Morgan fingerprint density at radius 3 is 2.70 bits per heavy atom. The van der Waals surface area contributed by atoms with Gasteiger partial charge >= 0.3 is 0 Å². The first kappa shape index (κ1) is 12.5. The van der Waals surface area contributed by atoms with E-state index in [-0.39, 0.29) is 11.9 Å². The molecule has 0 amide bonds. The monoisotopic (exact) mass is 271 g/mol. The van der Waals surface area contributed by atoms with Crippen LogP contribution in [0.4, 0.5) is 21.5 Å². The Labute approximate surface area is 116 Å². The molecule has 4 nitrogen and oxygen atoms in total. The molecule has 5 heteroatoms. The molecule has 1 unspecified atom stereocenters. The molecule has 2 aromatic rings. The number of fused-ring (bicyclic) bond motifs is 1. The van der Waals surface area contributed by atoms with Crippen molar-refractivity contribution in [2.45, 2.75) is 13.0 Å². The van der Waals surface area contributed by atoms with E-state index in [4.69, 9.17) is 10.5 Å². The minimum atomic E-state index is -0.274. The summed E-state index contributed by atoms with van der Waals surface area (Å²) in [6, 6.07) is 11.4. The molecule has 0 aliphatic carbocycles. The summed E-state index contributed by atoms with van der Waals surface area (Å²) in [4.78, 5) is 4.51. The molecule has 0 spiro atoms. The molecule has 1 aliphatic heterocycles. The van der Waals surface area contributed by atoms with Crippen molar-refractivity contribution in [1.82, 2.24) is 0 Å². The normalized spacial score (nSPS) is 16.9. The summed E-state index contributed by atoms with van der Waals surface area (Å²) in [5.41, 5.74) is 7.82. The van der Waals surface area contributed by atoms with E-state index >= 15 is 0 Å². The fourth-order valence-electron chi connectivity index (χ4n) is 2.00. The van der Waals surface area contributed by atoms with E-state index in [1.54, 1.807) is 30.3 Å². The van der Waals surface area contributed by atoms with Crippen molar-refractivity contribution >= 4 is 22.9 Å². The number of aliphatic imine (C=N–C) groups is 1. The third-order valence-corrected chi connectivity index (χ3v) is 3.03. The molecule has 0 saturated heterocycles. The highest BCUT2D eigenvalue weighted by Crippen LogP contribution is 2.34. The summed E-state index contributed by atoms with van der Waals surface area (Å²) in [5.74, 6) is 1.09. The second-order valence-electron chi connectivity index (χ2n) is 4.62. The van der Waals surface area contributed by atoms with E-state index in [2.05, 4.69) is 10.3 Å². The molecule has 1 aliphatic rings. The number of halogens is 1. The lowest BCUT2D eigenvalue weighted by atomic mass is 10.2. The number of hydrogen-bond acceptors (Lipinski definition) is 4. The Morgan fingerprint density at radius 2 is 1.95 bits per heavy atom. The third-order valence-electron chi connectivity index (χ3n) is 3.03. The maximum absolute atomic E-state index is 12.9. The summed E-state index contributed by atoms with van der Waals surface area (Å²) in [7, 11) is 0. The molecule has 3 N–H and O–H groups in total. The van der Waals surface area contributed by atoms with Crippen LogP contribution in [0.5, 0.6) is 5.75 Å². The van der Waals surface area contributed by atoms with E-state index in [9.17, 15) is 4.39 Å². The number of anilines is 2. The van der Waals surface area contributed by atoms with Crippen molar-refractivity contribution in [2.24, 2.45) is 4.99 Å². The average Bonchev–Trinajstić information content (AvgIpc) is 2.42. The van der Waals surface area contributed by atoms with E-state index in [1.807, 2.05) is 6.92 Å². The zero-order chi connectivity index (χ0) is 14.1. The number of nitrogens with two attached hydrogens (primary N) is 1. The molecule has 20 heavy (non-hydrogen) atoms. The van der Waals surface area contributed by atoms with Crippen LogP contribution in [0.15, 0.2) is 47.5 Å². The molecular weight excluding hydrogens is 257 g/mol. The van der Waals surface area contributed by atoms with Crippen molar-refractivity contribution in [2.75, 3.05) is 11.1 Å². The number of nitrogen functional groups attached to an aromatic ring is 1. The van der Waals surface area contributed by atoms with Gasteiger partial charge in [0, 0.05) is 11.4 Å². The van der Waals surface area contributed by atoms with Crippen molar-refractivity contribution in [3.63, 3.8) is 0 Å². The number of rotatable bonds is 1. The lowest BCUT2D eigenvalue weighted by Gasteiger charge is -2.24. The maximum atomic E-state index is 12.9. The van der Waals surface area contributed by atoms with E-state index in [0.717, 1.165) is 5.69 Å². The quantitative estimate of drug-likeness (QED) is 0.782. The van der Waals surface area contributed by atoms with Gasteiger partial charge in [0.05, 0.1) is 0 Å². The Morgan fingerprint density at radius 1 is 1.20 bits per heavy atom. The smallest absolute Gasteiger partial charge is 0.153 e. The van der Waals surface area contributed by atoms with Crippen LogP contribution in [-0.2, 0) is 0 Å². The van der Waals surface area contributed by atoms with E-state index in [0.29, 0.717) is 23.0 Å². The number of nitrogens with zero attached hydrogens (tertiary/aromatic N) is 1. The van der Waals surface area contributed by atoms with Gasteiger partial charge < -0.3 is 15.8 Å². The molecule has 2 aromatic carbocycles. The Kier molecular flexibility index (Phi) is 3.02. The first-order valence-electron chi connectivity index (χ1n) is 6.29. The average molecular weight is 271 g/mol. The molecule has 0 aromatic heterocycles. The summed E-state index contributed by atoms with van der Waals surface area (Å²) >= 11 is 0. The summed E-state index contributed by atoms with van der Waals surface area (Å²) < 4.78 is 18.7. The lowest BCUT2D eigenvalue weighted by Crippen LogP contribution is -2.32. The van der Waals surface area contributed by atoms with Gasteiger partial charge in [0.15, 0.2) is 6.10 Å². The molecule has 1 heterocycles. The van der Waals surface area contributed by atoms with Gasteiger partial charge in [-0.3, -0.25) is 0 Å². The Balaban J connectivity index is 1.90. The predicted molar refractivity (Wildman–Crippen MR) is 78.1 cm³/mol. The van der Waals surface area contributed by atoms with Crippen molar-refractivity contribution in [1.29, 1.82) is 0 Å². The van der Waals surface area contributed by atoms with Crippen LogP contribution in [0.3, 0.4) is 0 Å². The lowest BCUT2D eigenvalue weighted by molar-refractivity contribution is 0.283. The van der Waals surface area contributed by atoms with E-state index in [1.165, 1.54) is 12.1 Å². The van der Waals surface area contributed by atoms with Gasteiger partial charge in [0.1, 0.15) is 23.1 Å². The third kappa shape index (κ3) is 2.42. The Bertz CT molecular complexity index is 667. The van der Waals surface area contributed by atoms with E-state index < -0.39 is 0 Å². The first-order chi connectivity index (χ1) is 9.61. The van der Waals surface area contributed by atoms with Crippen molar-refractivity contribution in [3.8, 4) is 5.75 Å². The molecular formula is C15H14FN3O. The standard InChI is InChI=1S/C15H14FN3O/c1-9-15(18-12-5-2-10(16)3-6-12)19-13-8-11(17)4-7-14(13)20-9/h2-9H,17H2,1H3,(H,18,19). The van der Waals surface area contributed by atoms with Crippen LogP contribution in [0.25, 0.3) is 0 Å². The molecule has 0 radical (unpaired) electrons. The van der Waals surface area contributed by atoms with Gasteiger partial charge in [-0.1, -0.05) is 0 Å². The highest BCUT2D eigenvalue weighted by atomic mass is 19.1. The van der Waals surface area contributed by atoms with Gasteiger partial charge in [0.2, 0.25) is 0 Å². The molecule has 3 rings (SSSR count). The highest BCUT2D eigenvalue weighted by molar-refractivity contribution is 6.01. The van der Waals surface area contributed by atoms with Crippen LogP contribution in [0.1, 0.15) is 6.92 Å². The number of ether oxygens (including phenoxy) is 1. The molecule has 0 fully saturated rings. The summed E-state index contributed by atoms with van der Waals surface area (Å²) in [5, 5.41) is 3.14. The number of hydrogen-bond donors (Lipinski definition) is 2. The topological polar surface area (TPSA) is 59.6 Å². The fourth-order valence-corrected chi connectivity index (χ4v) is 2.00. The zero-order valence-corrected chi connectivity index (χ0v) is 10.9. The second kappa shape index (κ2) is 4.85. The van der Waals surface area contributed by atoms with Gasteiger partial charge in [-0.05, 0) is 49.4 Å². The predicted octanol–water partition coefficient (Wildman–Crippen LogP) is 3.33. The van der Waals surface area contributed by atoms with Crippen LogP contribution in [0.2, 0.25) is 0 Å². The minimum absolute atomic E-state index is 0.212. The number of nitrogens with one attached hydrogen (secondary N) is 1. The largest absolute Gasteiger partial charge is 0.481 e. The van der Waals surface area contributed by atoms with Gasteiger partial charge in [-0.15, -0.1) is 0 Å². The number of benzene rings is 2. The molecule has 0 saturated carbocycles. The zero-order valence-electron chi connectivity index (χ0n) is 10.9. The van der Waals surface area contributed by atoms with Crippen LogP contribution >= 0.6 is 0 Å². The SMILES string of the molecule is CC1Oc2ccc(N)cc2N=C1Nc1ccc(F)cc1. The highest BCUT2D eigenvalue weighted by Gasteiger charge is 2.20. The minimum Gasteiger partial charge on any atom is -0.481 e. The van der Waals surface area contributed by atoms with Gasteiger partial charge in [0.25, 0.3) is 0 Å².